The molecule has 0 aromatic heterocycles. The molecule has 0 aliphatic heterocycles. The highest BCUT2D eigenvalue weighted by Crippen LogP contribution is 2.29. The lowest BCUT2D eigenvalue weighted by Crippen LogP contribution is -2.00. The van der Waals surface area contributed by atoms with E-state index < -0.39 is 0 Å². The van der Waals surface area contributed by atoms with Crippen molar-refractivity contribution in [2.24, 2.45) is 5.10 Å². The highest BCUT2D eigenvalue weighted by molar-refractivity contribution is 6.35. The third-order valence-corrected chi connectivity index (χ3v) is 3.52. The molecule has 0 saturated heterocycles. The topological polar surface area (TPSA) is 42.9 Å². The van der Waals surface area contributed by atoms with Gasteiger partial charge in [-0.1, -0.05) is 29.3 Å². The van der Waals surface area contributed by atoms with Crippen molar-refractivity contribution in [3.8, 4) is 11.5 Å². The number of methoxy groups -OCH3 is 1. The van der Waals surface area contributed by atoms with Crippen LogP contribution in [0.1, 0.15) is 11.1 Å². The van der Waals surface area contributed by atoms with Crippen molar-refractivity contribution in [3.63, 3.8) is 0 Å². The molecular weight excluding hydrogens is 323 g/mol. The van der Waals surface area contributed by atoms with E-state index in [1.54, 1.807) is 32.5 Å². The van der Waals surface area contributed by atoms with E-state index >= 15 is 0 Å². The van der Waals surface area contributed by atoms with Gasteiger partial charge in [0.05, 0.1) is 13.3 Å². The second-order valence-corrected chi connectivity index (χ2v) is 5.26. The molecule has 0 heterocycles. The van der Waals surface area contributed by atoms with E-state index in [-0.39, 0.29) is 0 Å². The van der Waals surface area contributed by atoms with Crippen LogP contribution in [-0.2, 0) is 6.61 Å². The molecule has 116 valence electrons. The highest BCUT2D eigenvalue weighted by atomic mass is 35.5. The lowest BCUT2D eigenvalue weighted by molar-refractivity contribution is 0.284. The maximum atomic E-state index is 6.13. The molecule has 2 rings (SSSR count). The minimum Gasteiger partial charge on any atom is -0.493 e. The Hall–Kier alpha value is -1.91. The van der Waals surface area contributed by atoms with E-state index in [0.717, 1.165) is 11.1 Å². The Morgan fingerprint density at radius 2 is 1.95 bits per heavy atom. The van der Waals surface area contributed by atoms with E-state index in [2.05, 4.69) is 10.5 Å². The fourth-order valence-corrected chi connectivity index (χ4v) is 2.28. The first kappa shape index (κ1) is 16.5. The van der Waals surface area contributed by atoms with Gasteiger partial charge in [-0.3, -0.25) is 0 Å². The number of halogens is 2. The van der Waals surface area contributed by atoms with Gasteiger partial charge in [0.1, 0.15) is 6.61 Å². The zero-order valence-electron chi connectivity index (χ0n) is 12.3. The Balaban J connectivity index is 2.13. The van der Waals surface area contributed by atoms with E-state index in [4.69, 9.17) is 32.7 Å². The molecule has 2 aromatic rings. The van der Waals surface area contributed by atoms with Gasteiger partial charge < -0.3 is 14.9 Å². The molecule has 2 aromatic carbocycles. The number of hydrazone groups is 1. The first-order valence-corrected chi connectivity index (χ1v) is 7.34. The van der Waals surface area contributed by atoms with Crippen LogP contribution in [0.3, 0.4) is 0 Å². The van der Waals surface area contributed by atoms with Gasteiger partial charge >= 0.3 is 0 Å². The molecule has 0 aliphatic rings. The van der Waals surface area contributed by atoms with Crippen LogP contribution < -0.4 is 14.9 Å². The van der Waals surface area contributed by atoms with Crippen LogP contribution in [0.5, 0.6) is 11.5 Å². The van der Waals surface area contributed by atoms with E-state index in [1.807, 2.05) is 24.3 Å². The average molecular weight is 339 g/mol. The van der Waals surface area contributed by atoms with E-state index in [0.29, 0.717) is 28.2 Å². The molecule has 22 heavy (non-hydrogen) atoms. The fourth-order valence-electron chi connectivity index (χ4n) is 1.82. The van der Waals surface area contributed by atoms with Gasteiger partial charge in [0.15, 0.2) is 11.5 Å². The van der Waals surface area contributed by atoms with Gasteiger partial charge in [-0.2, -0.15) is 5.10 Å². The van der Waals surface area contributed by atoms with Crippen LogP contribution in [0.25, 0.3) is 0 Å². The Morgan fingerprint density at radius 3 is 2.64 bits per heavy atom. The molecule has 0 bridgehead atoms. The maximum absolute atomic E-state index is 6.13. The smallest absolute Gasteiger partial charge is 0.161 e. The summed E-state index contributed by atoms with van der Waals surface area (Å²) >= 11 is 12.0. The molecule has 0 atom stereocenters. The third kappa shape index (κ3) is 4.29. The summed E-state index contributed by atoms with van der Waals surface area (Å²) in [6.45, 7) is 0.330. The summed E-state index contributed by atoms with van der Waals surface area (Å²) in [6.07, 6.45) is 1.70. The van der Waals surface area contributed by atoms with Crippen LogP contribution in [0.4, 0.5) is 0 Å². The molecule has 0 fully saturated rings. The molecule has 1 N–H and O–H groups in total. The largest absolute Gasteiger partial charge is 0.493 e. The number of hydrogen-bond donors (Lipinski definition) is 1. The quantitative estimate of drug-likeness (QED) is 0.636. The molecule has 6 heteroatoms. The van der Waals surface area contributed by atoms with Crippen molar-refractivity contribution >= 4 is 29.4 Å². The van der Waals surface area contributed by atoms with Gasteiger partial charge in [0.2, 0.25) is 0 Å². The number of ether oxygens (including phenoxy) is 2. The Morgan fingerprint density at radius 1 is 1.14 bits per heavy atom. The molecule has 4 nitrogen and oxygen atoms in total. The van der Waals surface area contributed by atoms with Gasteiger partial charge in [-0.25, -0.2) is 0 Å². The van der Waals surface area contributed by atoms with Gasteiger partial charge in [0, 0.05) is 22.7 Å². The van der Waals surface area contributed by atoms with Gasteiger partial charge in [0.25, 0.3) is 0 Å². The Labute approximate surface area is 139 Å². The standard InChI is InChI=1S/C16H16Cl2N2O2/c1-19-20-9-11-3-6-15(16(7-11)21-2)22-10-12-4-5-13(17)8-14(12)18/h3-9,19H,10H2,1-2H3/b20-9+. The second kappa shape index (κ2) is 7.92. The predicted octanol–water partition coefficient (Wildman–Crippen LogP) is 4.13. The van der Waals surface area contributed by atoms with Crippen molar-refractivity contribution in [3.05, 3.63) is 57.6 Å². The Kier molecular flexibility index (Phi) is 5.92. The number of nitrogens with one attached hydrogen (secondary N) is 1. The van der Waals surface area contributed by atoms with Gasteiger partial charge in [-0.15, -0.1) is 0 Å². The zero-order valence-corrected chi connectivity index (χ0v) is 13.8. The molecule has 0 amide bonds. The number of hydrogen-bond acceptors (Lipinski definition) is 4. The lowest BCUT2D eigenvalue weighted by Gasteiger charge is -2.12. The summed E-state index contributed by atoms with van der Waals surface area (Å²) in [5, 5.41) is 5.13. The Bertz CT molecular complexity index is 675. The van der Waals surface area contributed by atoms with Crippen molar-refractivity contribution in [2.75, 3.05) is 14.2 Å². The van der Waals surface area contributed by atoms with Crippen molar-refractivity contribution in [2.45, 2.75) is 6.61 Å². The fraction of sp³-hybridized carbons (Fsp3) is 0.188. The summed E-state index contributed by atoms with van der Waals surface area (Å²) in [5.74, 6) is 1.26. The zero-order chi connectivity index (χ0) is 15.9. The monoisotopic (exact) mass is 338 g/mol. The van der Waals surface area contributed by atoms with Crippen LogP contribution in [-0.4, -0.2) is 20.4 Å². The first-order valence-electron chi connectivity index (χ1n) is 6.58. The SMILES string of the molecule is CN/N=C/c1ccc(OCc2ccc(Cl)cc2Cl)c(OC)c1. The summed E-state index contributed by atoms with van der Waals surface area (Å²) in [7, 11) is 3.33. The molecule has 0 radical (unpaired) electrons. The van der Waals surface area contributed by atoms with Crippen molar-refractivity contribution in [1.82, 2.24) is 5.43 Å². The highest BCUT2D eigenvalue weighted by Gasteiger charge is 2.07. The summed E-state index contributed by atoms with van der Waals surface area (Å²) in [4.78, 5) is 0. The molecule has 0 spiro atoms. The predicted molar refractivity (Wildman–Crippen MR) is 90.4 cm³/mol. The maximum Gasteiger partial charge on any atom is 0.161 e. The average Bonchev–Trinajstić information content (AvgIpc) is 2.52. The molecule has 0 unspecified atom stereocenters. The number of rotatable bonds is 6. The molecule has 0 aliphatic carbocycles. The minimum atomic E-state index is 0.330. The lowest BCUT2D eigenvalue weighted by atomic mass is 10.2. The van der Waals surface area contributed by atoms with Crippen molar-refractivity contribution < 1.29 is 9.47 Å². The van der Waals surface area contributed by atoms with Crippen LogP contribution in [0.15, 0.2) is 41.5 Å². The normalized spacial score (nSPS) is 10.7. The van der Waals surface area contributed by atoms with E-state index in [9.17, 15) is 0 Å². The van der Waals surface area contributed by atoms with Crippen LogP contribution in [0, 0.1) is 0 Å². The molecular formula is C16H16Cl2N2O2. The second-order valence-electron chi connectivity index (χ2n) is 4.42. The summed E-state index contributed by atoms with van der Waals surface area (Å²) in [6, 6.07) is 10.9. The van der Waals surface area contributed by atoms with Crippen LogP contribution in [0.2, 0.25) is 10.0 Å². The van der Waals surface area contributed by atoms with Crippen molar-refractivity contribution in [1.29, 1.82) is 0 Å². The number of benzene rings is 2. The minimum absolute atomic E-state index is 0.330. The van der Waals surface area contributed by atoms with E-state index in [1.165, 1.54) is 0 Å². The number of nitrogens with zero attached hydrogens (tertiary/aromatic N) is 1. The van der Waals surface area contributed by atoms with Crippen LogP contribution >= 0.6 is 23.2 Å². The summed E-state index contributed by atoms with van der Waals surface area (Å²) < 4.78 is 11.1. The molecule has 0 saturated carbocycles. The third-order valence-electron chi connectivity index (χ3n) is 2.93. The first-order chi connectivity index (χ1) is 10.6. The van der Waals surface area contributed by atoms with Gasteiger partial charge in [-0.05, 0) is 35.9 Å². The summed E-state index contributed by atoms with van der Waals surface area (Å²) in [5.41, 5.74) is 4.46.